The van der Waals surface area contributed by atoms with Crippen LogP contribution in [0.1, 0.15) is 23.1 Å². The minimum atomic E-state index is -0.656. The van der Waals surface area contributed by atoms with Gasteiger partial charge in [0.25, 0.3) is 0 Å². The van der Waals surface area contributed by atoms with E-state index in [4.69, 9.17) is 9.47 Å². The van der Waals surface area contributed by atoms with E-state index in [1.165, 1.54) is 0 Å². The Morgan fingerprint density at radius 1 is 0.731 bits per heavy atom. The Morgan fingerprint density at radius 3 is 1.69 bits per heavy atom. The van der Waals surface area contributed by atoms with Gasteiger partial charge in [-0.25, -0.2) is 0 Å². The Labute approximate surface area is 163 Å². The van der Waals surface area contributed by atoms with Crippen LogP contribution >= 0.6 is 15.9 Å². The fourth-order valence-corrected chi connectivity index (χ4v) is 3.43. The summed E-state index contributed by atoms with van der Waals surface area (Å²) < 4.78 is 12.0. The molecule has 0 heterocycles. The van der Waals surface area contributed by atoms with Crippen molar-refractivity contribution < 1.29 is 9.47 Å². The predicted molar refractivity (Wildman–Crippen MR) is 110 cm³/mol. The van der Waals surface area contributed by atoms with Crippen LogP contribution in [0.2, 0.25) is 0 Å². The van der Waals surface area contributed by atoms with Gasteiger partial charge in [0, 0.05) is 11.9 Å². The molecule has 0 bridgehead atoms. The molecule has 26 heavy (non-hydrogen) atoms. The summed E-state index contributed by atoms with van der Waals surface area (Å²) in [6.07, 6.45) is 0.942. The third-order valence-electron chi connectivity index (χ3n) is 4.45. The average molecular weight is 411 g/mol. The third kappa shape index (κ3) is 3.84. The summed E-state index contributed by atoms with van der Waals surface area (Å²) >= 11 is 3.51. The molecule has 0 radical (unpaired) electrons. The number of hydrogen-bond acceptors (Lipinski definition) is 2. The Bertz CT molecular complexity index is 746. The molecule has 0 saturated carbocycles. The zero-order chi connectivity index (χ0) is 18.2. The lowest BCUT2D eigenvalue weighted by atomic mass is 9.80. The lowest BCUT2D eigenvalue weighted by molar-refractivity contribution is 0.0138. The molecule has 0 spiro atoms. The summed E-state index contributed by atoms with van der Waals surface area (Å²) in [6, 6.07) is 29.0. The molecule has 0 amide bonds. The quantitative estimate of drug-likeness (QED) is 0.265. The fraction of sp³-hybridized carbons (Fsp3) is 0.217. The van der Waals surface area contributed by atoms with Gasteiger partial charge in [0.1, 0.15) is 11.4 Å². The summed E-state index contributed by atoms with van der Waals surface area (Å²) in [7, 11) is 1.68. The molecule has 0 saturated heterocycles. The van der Waals surface area contributed by atoms with E-state index < -0.39 is 5.60 Å². The molecule has 0 aromatic heterocycles. The van der Waals surface area contributed by atoms with Gasteiger partial charge in [-0.2, -0.15) is 0 Å². The van der Waals surface area contributed by atoms with Crippen LogP contribution in [0, 0.1) is 0 Å². The van der Waals surface area contributed by atoms with Gasteiger partial charge >= 0.3 is 0 Å². The Balaban J connectivity index is 2.19. The van der Waals surface area contributed by atoms with Gasteiger partial charge in [-0.15, -0.1) is 0 Å². The Morgan fingerprint density at radius 2 is 1.23 bits per heavy atom. The van der Waals surface area contributed by atoms with Gasteiger partial charge in [0.15, 0.2) is 0 Å². The van der Waals surface area contributed by atoms with Crippen LogP contribution in [0.3, 0.4) is 0 Å². The topological polar surface area (TPSA) is 18.5 Å². The Kier molecular flexibility index (Phi) is 6.48. The highest BCUT2D eigenvalue weighted by molar-refractivity contribution is 9.09. The van der Waals surface area contributed by atoms with Crippen LogP contribution in [-0.2, 0) is 10.3 Å². The molecule has 3 heteroatoms. The van der Waals surface area contributed by atoms with Crippen molar-refractivity contribution in [3.63, 3.8) is 0 Å². The summed E-state index contributed by atoms with van der Waals surface area (Å²) in [4.78, 5) is 0. The summed E-state index contributed by atoms with van der Waals surface area (Å²) in [5.74, 6) is 0.837. The van der Waals surface area contributed by atoms with Crippen LogP contribution in [0.4, 0.5) is 0 Å². The number of halogens is 1. The van der Waals surface area contributed by atoms with Crippen LogP contribution < -0.4 is 4.74 Å². The van der Waals surface area contributed by atoms with E-state index in [9.17, 15) is 0 Å². The van der Waals surface area contributed by atoms with Gasteiger partial charge in [0.2, 0.25) is 0 Å². The largest absolute Gasteiger partial charge is 0.497 e. The molecule has 0 fully saturated rings. The normalized spacial score (nSPS) is 11.3. The van der Waals surface area contributed by atoms with Crippen molar-refractivity contribution >= 4 is 15.9 Å². The standard InChI is InChI=1S/C23H23BrO2/c1-25-22-15-13-21(14-16-22)23(26-18-8-17-24,19-9-4-2-5-10-19)20-11-6-3-7-12-20/h2-7,9-16H,8,17-18H2,1H3. The SMILES string of the molecule is COc1ccc(C(OCCCBr)(c2ccccc2)c2ccccc2)cc1. The highest BCUT2D eigenvalue weighted by Crippen LogP contribution is 2.41. The molecular weight excluding hydrogens is 388 g/mol. The van der Waals surface area contributed by atoms with Gasteiger partial charge in [0.05, 0.1) is 7.11 Å². The molecule has 0 atom stereocenters. The Hall–Kier alpha value is -2.10. The first-order valence-electron chi connectivity index (χ1n) is 8.77. The van der Waals surface area contributed by atoms with E-state index in [2.05, 4.69) is 76.6 Å². The zero-order valence-corrected chi connectivity index (χ0v) is 16.5. The maximum absolute atomic E-state index is 6.63. The van der Waals surface area contributed by atoms with Crippen molar-refractivity contribution in [3.05, 3.63) is 102 Å². The van der Waals surface area contributed by atoms with Gasteiger partial charge in [-0.1, -0.05) is 88.7 Å². The fourth-order valence-electron chi connectivity index (χ4n) is 3.20. The van der Waals surface area contributed by atoms with Crippen LogP contribution in [0.5, 0.6) is 5.75 Å². The van der Waals surface area contributed by atoms with Crippen molar-refractivity contribution in [1.82, 2.24) is 0 Å². The number of ether oxygens (including phenoxy) is 2. The number of alkyl halides is 1. The highest BCUT2D eigenvalue weighted by Gasteiger charge is 2.37. The monoisotopic (exact) mass is 410 g/mol. The molecule has 0 aliphatic rings. The minimum Gasteiger partial charge on any atom is -0.497 e. The smallest absolute Gasteiger partial charge is 0.143 e. The second kappa shape index (κ2) is 9.02. The van der Waals surface area contributed by atoms with Crippen LogP contribution in [-0.4, -0.2) is 19.0 Å². The van der Waals surface area contributed by atoms with E-state index in [0.29, 0.717) is 6.61 Å². The number of hydrogen-bond donors (Lipinski definition) is 0. The highest BCUT2D eigenvalue weighted by atomic mass is 79.9. The lowest BCUT2D eigenvalue weighted by Crippen LogP contribution is -2.33. The van der Waals surface area contributed by atoms with E-state index >= 15 is 0 Å². The average Bonchev–Trinajstić information content (AvgIpc) is 2.73. The van der Waals surface area contributed by atoms with E-state index in [1.54, 1.807) is 7.11 Å². The second-order valence-electron chi connectivity index (χ2n) is 6.03. The van der Waals surface area contributed by atoms with E-state index in [0.717, 1.165) is 34.2 Å². The van der Waals surface area contributed by atoms with Crippen LogP contribution in [0.15, 0.2) is 84.9 Å². The molecule has 0 aliphatic carbocycles. The lowest BCUT2D eigenvalue weighted by Gasteiger charge is -2.36. The maximum Gasteiger partial charge on any atom is 0.143 e. The van der Waals surface area contributed by atoms with Gasteiger partial charge in [-0.3, -0.25) is 0 Å². The number of methoxy groups -OCH3 is 1. The van der Waals surface area contributed by atoms with Crippen molar-refractivity contribution in [2.45, 2.75) is 12.0 Å². The molecule has 134 valence electrons. The first-order valence-corrected chi connectivity index (χ1v) is 9.89. The number of rotatable bonds is 8. The van der Waals surface area contributed by atoms with Crippen molar-refractivity contribution in [3.8, 4) is 5.75 Å². The van der Waals surface area contributed by atoms with Gasteiger partial charge < -0.3 is 9.47 Å². The molecule has 3 aromatic rings. The molecule has 0 unspecified atom stereocenters. The summed E-state index contributed by atoms with van der Waals surface area (Å²) in [5.41, 5.74) is 2.67. The zero-order valence-electron chi connectivity index (χ0n) is 14.9. The predicted octanol–water partition coefficient (Wildman–Crippen LogP) is 5.79. The molecule has 0 aliphatic heterocycles. The first-order chi connectivity index (χ1) is 12.8. The van der Waals surface area contributed by atoms with Crippen LogP contribution in [0.25, 0.3) is 0 Å². The summed E-state index contributed by atoms with van der Waals surface area (Å²) in [5, 5.41) is 0.912. The number of benzene rings is 3. The van der Waals surface area contributed by atoms with Crippen molar-refractivity contribution in [1.29, 1.82) is 0 Å². The van der Waals surface area contributed by atoms with E-state index in [1.807, 2.05) is 24.3 Å². The third-order valence-corrected chi connectivity index (χ3v) is 5.01. The van der Waals surface area contributed by atoms with E-state index in [-0.39, 0.29) is 0 Å². The van der Waals surface area contributed by atoms with Crippen molar-refractivity contribution in [2.75, 3.05) is 19.0 Å². The summed E-state index contributed by atoms with van der Waals surface area (Å²) in [6.45, 7) is 0.654. The molecule has 3 rings (SSSR count). The maximum atomic E-state index is 6.63. The second-order valence-corrected chi connectivity index (χ2v) is 6.83. The van der Waals surface area contributed by atoms with Crippen molar-refractivity contribution in [2.24, 2.45) is 0 Å². The minimum absolute atomic E-state index is 0.654. The molecular formula is C23H23BrO2. The molecule has 3 aromatic carbocycles. The first kappa shape index (κ1) is 18.7. The van der Waals surface area contributed by atoms with Gasteiger partial charge in [-0.05, 0) is 35.2 Å². The molecule has 0 N–H and O–H groups in total. The molecule has 2 nitrogen and oxygen atoms in total.